The van der Waals surface area contributed by atoms with Gasteiger partial charge in [-0.05, 0) is 78.2 Å². The minimum absolute atomic E-state index is 0.272. The van der Waals surface area contributed by atoms with E-state index in [2.05, 4.69) is 85.5 Å². The van der Waals surface area contributed by atoms with Crippen LogP contribution in [0.25, 0.3) is 11.1 Å². The van der Waals surface area contributed by atoms with Gasteiger partial charge in [-0.3, -0.25) is 4.79 Å². The molecule has 0 radical (unpaired) electrons. The van der Waals surface area contributed by atoms with Crippen LogP contribution < -0.4 is 4.74 Å². The number of ether oxygens (including phenoxy) is 1. The SMILES string of the molecule is CCN(CC)CCN(C)C(=O)CC1CCc2cc(OCc3ccc(-c4ccccc4)cc3)ccc2C1. The molecule has 1 atom stereocenters. The van der Waals surface area contributed by atoms with Crippen molar-refractivity contribution in [1.82, 2.24) is 9.80 Å². The van der Waals surface area contributed by atoms with Gasteiger partial charge in [0.1, 0.15) is 12.4 Å². The summed E-state index contributed by atoms with van der Waals surface area (Å²) in [5.74, 6) is 1.62. The molecule has 0 saturated carbocycles. The predicted molar refractivity (Wildman–Crippen MR) is 148 cm³/mol. The Morgan fingerprint density at radius 2 is 1.61 bits per heavy atom. The van der Waals surface area contributed by atoms with Gasteiger partial charge in [-0.1, -0.05) is 74.5 Å². The third-order valence-electron chi connectivity index (χ3n) is 7.51. The van der Waals surface area contributed by atoms with Gasteiger partial charge in [0.15, 0.2) is 0 Å². The molecule has 0 N–H and O–H groups in total. The van der Waals surface area contributed by atoms with Crippen molar-refractivity contribution in [2.24, 2.45) is 5.92 Å². The van der Waals surface area contributed by atoms with E-state index in [0.717, 1.165) is 56.8 Å². The van der Waals surface area contributed by atoms with Crippen LogP contribution in [0.5, 0.6) is 5.75 Å². The highest BCUT2D eigenvalue weighted by Crippen LogP contribution is 2.31. The molecule has 1 aliphatic carbocycles. The molecule has 0 aromatic heterocycles. The number of benzene rings is 3. The van der Waals surface area contributed by atoms with E-state index < -0.39 is 0 Å². The minimum Gasteiger partial charge on any atom is -0.489 e. The molecule has 0 bridgehead atoms. The fraction of sp³-hybridized carbons (Fsp3) is 0.406. The number of fused-ring (bicyclic) bond motifs is 1. The Balaban J connectivity index is 1.26. The number of hydrogen-bond acceptors (Lipinski definition) is 3. The summed E-state index contributed by atoms with van der Waals surface area (Å²) in [5, 5.41) is 0. The van der Waals surface area contributed by atoms with Crippen LogP contribution in [0.15, 0.2) is 72.8 Å². The first-order valence-corrected chi connectivity index (χ1v) is 13.4. The topological polar surface area (TPSA) is 32.8 Å². The number of nitrogens with zero attached hydrogens (tertiary/aromatic N) is 2. The Labute approximate surface area is 216 Å². The smallest absolute Gasteiger partial charge is 0.222 e. The van der Waals surface area contributed by atoms with Crippen molar-refractivity contribution < 1.29 is 9.53 Å². The lowest BCUT2D eigenvalue weighted by Gasteiger charge is -2.28. The predicted octanol–water partition coefficient (Wildman–Crippen LogP) is 6.23. The van der Waals surface area contributed by atoms with E-state index in [9.17, 15) is 4.79 Å². The van der Waals surface area contributed by atoms with Gasteiger partial charge in [0.05, 0.1) is 0 Å². The molecule has 1 unspecified atom stereocenters. The lowest BCUT2D eigenvalue weighted by atomic mass is 9.82. The van der Waals surface area contributed by atoms with Crippen LogP contribution in [-0.4, -0.2) is 48.9 Å². The van der Waals surface area contributed by atoms with Crippen molar-refractivity contribution >= 4 is 5.91 Å². The quantitative estimate of drug-likeness (QED) is 0.324. The summed E-state index contributed by atoms with van der Waals surface area (Å²) in [7, 11) is 1.95. The fourth-order valence-corrected chi connectivity index (χ4v) is 5.02. The zero-order chi connectivity index (χ0) is 25.3. The van der Waals surface area contributed by atoms with Crippen molar-refractivity contribution in [2.45, 2.75) is 46.1 Å². The summed E-state index contributed by atoms with van der Waals surface area (Å²) in [6.45, 7) is 8.72. The van der Waals surface area contributed by atoms with Crippen LogP contribution in [0.2, 0.25) is 0 Å². The summed E-state index contributed by atoms with van der Waals surface area (Å²) in [5.41, 5.74) is 6.34. The normalized spacial score (nSPS) is 14.9. The standard InChI is InChI=1S/C32H40N2O2/c1-4-34(5-2)20-19-33(3)32(35)22-26-13-16-30-23-31(18-17-29(30)21-26)36-24-25-11-14-28(15-12-25)27-9-7-6-8-10-27/h6-12,14-15,17-18,23,26H,4-5,13,16,19-22,24H2,1-3H3. The van der Waals surface area contributed by atoms with Gasteiger partial charge in [0.25, 0.3) is 0 Å². The average Bonchev–Trinajstić information content (AvgIpc) is 2.93. The third kappa shape index (κ3) is 6.98. The van der Waals surface area contributed by atoms with Gasteiger partial charge in [-0.2, -0.15) is 0 Å². The monoisotopic (exact) mass is 484 g/mol. The van der Waals surface area contributed by atoms with Crippen molar-refractivity contribution in [3.63, 3.8) is 0 Å². The molecule has 4 heteroatoms. The highest BCUT2D eigenvalue weighted by molar-refractivity contribution is 5.76. The Morgan fingerprint density at radius 3 is 2.33 bits per heavy atom. The van der Waals surface area contributed by atoms with Gasteiger partial charge < -0.3 is 14.5 Å². The van der Waals surface area contributed by atoms with Crippen LogP contribution >= 0.6 is 0 Å². The van der Waals surface area contributed by atoms with Gasteiger partial charge in [0.2, 0.25) is 5.91 Å². The minimum atomic E-state index is 0.272. The van der Waals surface area contributed by atoms with Crippen LogP contribution in [-0.2, 0) is 24.2 Å². The molecule has 0 heterocycles. The van der Waals surface area contributed by atoms with Gasteiger partial charge in [-0.25, -0.2) is 0 Å². The third-order valence-corrected chi connectivity index (χ3v) is 7.51. The molecule has 3 aromatic carbocycles. The Hall–Kier alpha value is -3.11. The highest BCUT2D eigenvalue weighted by Gasteiger charge is 2.23. The van der Waals surface area contributed by atoms with Gasteiger partial charge >= 0.3 is 0 Å². The number of hydrogen-bond donors (Lipinski definition) is 0. The summed E-state index contributed by atoms with van der Waals surface area (Å²) >= 11 is 0. The molecule has 190 valence electrons. The van der Waals surface area contributed by atoms with E-state index in [1.165, 1.54) is 22.3 Å². The zero-order valence-corrected chi connectivity index (χ0v) is 22.1. The molecule has 0 saturated heterocycles. The first kappa shape index (κ1) is 26.0. The average molecular weight is 485 g/mol. The molecular weight excluding hydrogens is 444 g/mol. The van der Waals surface area contributed by atoms with E-state index in [4.69, 9.17) is 4.74 Å². The molecule has 0 aliphatic heterocycles. The maximum atomic E-state index is 12.8. The van der Waals surface area contributed by atoms with E-state index >= 15 is 0 Å². The summed E-state index contributed by atoms with van der Waals surface area (Å²) in [6.07, 6.45) is 3.70. The number of carbonyl (C=O) groups excluding carboxylic acids is 1. The van der Waals surface area contributed by atoms with Crippen LogP contribution in [0.4, 0.5) is 0 Å². The fourth-order valence-electron chi connectivity index (χ4n) is 5.02. The molecule has 4 nitrogen and oxygen atoms in total. The molecule has 36 heavy (non-hydrogen) atoms. The molecule has 3 aromatic rings. The maximum Gasteiger partial charge on any atom is 0.222 e. The summed E-state index contributed by atoms with van der Waals surface area (Å²) < 4.78 is 6.13. The Morgan fingerprint density at radius 1 is 0.889 bits per heavy atom. The number of carbonyl (C=O) groups is 1. The van der Waals surface area contributed by atoms with Gasteiger partial charge in [-0.15, -0.1) is 0 Å². The molecule has 1 aliphatic rings. The largest absolute Gasteiger partial charge is 0.489 e. The number of likely N-dealkylation sites (N-methyl/N-ethyl adjacent to an activating group) is 2. The first-order chi connectivity index (χ1) is 17.6. The molecule has 1 amide bonds. The molecule has 0 fully saturated rings. The van der Waals surface area contributed by atoms with Crippen molar-refractivity contribution in [2.75, 3.05) is 33.2 Å². The van der Waals surface area contributed by atoms with E-state index in [1.54, 1.807) is 0 Å². The zero-order valence-electron chi connectivity index (χ0n) is 22.1. The van der Waals surface area contributed by atoms with Crippen molar-refractivity contribution in [3.05, 3.63) is 89.5 Å². The lowest BCUT2D eigenvalue weighted by Crippen LogP contribution is -2.37. The van der Waals surface area contributed by atoms with E-state index in [1.807, 2.05) is 18.0 Å². The van der Waals surface area contributed by atoms with Crippen LogP contribution in [0.3, 0.4) is 0 Å². The molecule has 4 rings (SSSR count). The Bertz CT molecular complexity index is 1110. The summed E-state index contributed by atoms with van der Waals surface area (Å²) in [4.78, 5) is 17.1. The first-order valence-electron chi connectivity index (χ1n) is 13.4. The number of aryl methyl sites for hydroxylation is 1. The van der Waals surface area contributed by atoms with E-state index in [0.29, 0.717) is 18.9 Å². The van der Waals surface area contributed by atoms with Crippen LogP contribution in [0.1, 0.15) is 43.4 Å². The number of amides is 1. The maximum absolute atomic E-state index is 12.8. The summed E-state index contributed by atoms with van der Waals surface area (Å²) in [6, 6.07) is 25.5. The number of rotatable bonds is 11. The second-order valence-corrected chi connectivity index (χ2v) is 9.94. The Kier molecular flexibility index (Phi) is 9.18. The van der Waals surface area contributed by atoms with Gasteiger partial charge in [0, 0.05) is 26.6 Å². The second kappa shape index (κ2) is 12.7. The lowest BCUT2D eigenvalue weighted by molar-refractivity contribution is -0.131. The second-order valence-electron chi connectivity index (χ2n) is 9.94. The van der Waals surface area contributed by atoms with E-state index in [-0.39, 0.29) is 5.91 Å². The van der Waals surface area contributed by atoms with Crippen molar-refractivity contribution in [1.29, 1.82) is 0 Å². The van der Waals surface area contributed by atoms with Crippen molar-refractivity contribution in [3.8, 4) is 16.9 Å². The molecule has 0 spiro atoms. The van der Waals surface area contributed by atoms with Crippen LogP contribution in [0, 0.1) is 5.92 Å². The highest BCUT2D eigenvalue weighted by atomic mass is 16.5. The molecular formula is C32H40N2O2.